The van der Waals surface area contributed by atoms with Gasteiger partial charge in [0, 0.05) is 24.5 Å². The van der Waals surface area contributed by atoms with Crippen LogP contribution in [-0.2, 0) is 0 Å². The van der Waals surface area contributed by atoms with Crippen LogP contribution in [0.15, 0.2) is 36.7 Å². The number of carboxylic acids is 1. The molecule has 0 atom stereocenters. The van der Waals surface area contributed by atoms with Crippen molar-refractivity contribution in [2.24, 2.45) is 0 Å². The number of aromatic carboxylic acids is 1. The van der Waals surface area contributed by atoms with Crippen LogP contribution >= 0.6 is 0 Å². The molecule has 0 saturated carbocycles. The summed E-state index contributed by atoms with van der Waals surface area (Å²) in [7, 11) is 0. The Balaban J connectivity index is 2.38. The second kappa shape index (κ2) is 5.92. The van der Waals surface area contributed by atoms with Crippen molar-refractivity contribution in [2.45, 2.75) is 6.92 Å². The van der Waals surface area contributed by atoms with Gasteiger partial charge >= 0.3 is 5.97 Å². The zero-order chi connectivity index (χ0) is 14.5. The number of hydrogen-bond donors (Lipinski definition) is 2. The van der Waals surface area contributed by atoms with Crippen molar-refractivity contribution >= 4 is 11.9 Å². The van der Waals surface area contributed by atoms with Gasteiger partial charge in [-0.15, -0.1) is 0 Å². The first-order valence-corrected chi connectivity index (χ1v) is 6.05. The van der Waals surface area contributed by atoms with Crippen LogP contribution in [0.4, 0.5) is 0 Å². The molecule has 2 aromatic heterocycles. The minimum absolute atomic E-state index is 0.125. The average Bonchev–Trinajstić information content (AvgIpc) is 2.48. The van der Waals surface area contributed by atoms with Gasteiger partial charge in [-0.1, -0.05) is 0 Å². The fourth-order valence-electron chi connectivity index (χ4n) is 1.68. The molecule has 0 fully saturated rings. The molecule has 2 N–H and O–H groups in total. The van der Waals surface area contributed by atoms with Gasteiger partial charge in [0.05, 0.1) is 17.0 Å². The molecule has 2 rings (SSSR count). The summed E-state index contributed by atoms with van der Waals surface area (Å²) >= 11 is 0. The van der Waals surface area contributed by atoms with Crippen molar-refractivity contribution in [3.05, 3.63) is 47.8 Å². The molecule has 0 saturated heterocycles. The number of nitrogens with zero attached hydrogens (tertiary/aromatic N) is 2. The van der Waals surface area contributed by atoms with E-state index in [4.69, 9.17) is 5.11 Å². The smallest absolute Gasteiger partial charge is 0.335 e. The van der Waals surface area contributed by atoms with Crippen molar-refractivity contribution in [3.63, 3.8) is 0 Å². The molecule has 6 heteroatoms. The van der Waals surface area contributed by atoms with Gasteiger partial charge < -0.3 is 10.4 Å². The zero-order valence-corrected chi connectivity index (χ0v) is 10.8. The van der Waals surface area contributed by atoms with Crippen molar-refractivity contribution in [3.8, 4) is 11.4 Å². The van der Waals surface area contributed by atoms with Crippen LogP contribution in [0, 0.1) is 0 Å². The average molecular weight is 271 g/mol. The molecule has 102 valence electrons. The molecule has 0 unspecified atom stereocenters. The molecule has 0 aliphatic rings. The molecular formula is C14H13N3O3. The number of nitrogens with one attached hydrogen (secondary N) is 1. The topological polar surface area (TPSA) is 92.2 Å². The first-order chi connectivity index (χ1) is 9.61. The third kappa shape index (κ3) is 2.97. The second-order valence-corrected chi connectivity index (χ2v) is 4.02. The summed E-state index contributed by atoms with van der Waals surface area (Å²) in [6.07, 6.45) is 2.90. The van der Waals surface area contributed by atoms with Gasteiger partial charge in [-0.2, -0.15) is 0 Å². The van der Waals surface area contributed by atoms with E-state index in [1.54, 1.807) is 12.1 Å². The summed E-state index contributed by atoms with van der Waals surface area (Å²) < 4.78 is 0. The quantitative estimate of drug-likeness (QED) is 0.881. The van der Waals surface area contributed by atoms with Gasteiger partial charge in [0.2, 0.25) is 0 Å². The molecule has 2 aromatic rings. The van der Waals surface area contributed by atoms with E-state index in [2.05, 4.69) is 15.3 Å². The molecule has 0 bridgehead atoms. The van der Waals surface area contributed by atoms with Gasteiger partial charge in [-0.3, -0.25) is 14.8 Å². The van der Waals surface area contributed by atoms with Gasteiger partial charge in [0.25, 0.3) is 5.91 Å². The Hall–Kier alpha value is -2.76. The molecule has 6 nitrogen and oxygen atoms in total. The number of amides is 1. The van der Waals surface area contributed by atoms with E-state index >= 15 is 0 Å². The van der Waals surface area contributed by atoms with Crippen LogP contribution < -0.4 is 5.32 Å². The molecule has 0 aromatic carbocycles. The Morgan fingerprint density at radius 2 is 1.65 bits per heavy atom. The number of aromatic nitrogens is 2. The van der Waals surface area contributed by atoms with Crippen LogP contribution in [0.25, 0.3) is 11.4 Å². The minimum Gasteiger partial charge on any atom is -0.478 e. The SMILES string of the molecule is CCNC(=O)c1ccnc(-c2cc(C(=O)O)ccn2)c1. The lowest BCUT2D eigenvalue weighted by Gasteiger charge is -2.05. The van der Waals surface area contributed by atoms with Gasteiger partial charge in [-0.25, -0.2) is 4.79 Å². The van der Waals surface area contributed by atoms with Gasteiger partial charge in [0.1, 0.15) is 0 Å². The van der Waals surface area contributed by atoms with Crippen LogP contribution in [-0.4, -0.2) is 33.5 Å². The van der Waals surface area contributed by atoms with Crippen LogP contribution in [0.5, 0.6) is 0 Å². The maximum atomic E-state index is 11.7. The molecule has 0 aliphatic heterocycles. The lowest BCUT2D eigenvalue weighted by Crippen LogP contribution is -2.22. The summed E-state index contributed by atoms with van der Waals surface area (Å²) in [5.41, 5.74) is 1.45. The number of rotatable bonds is 4. The van der Waals surface area contributed by atoms with Crippen molar-refractivity contribution in [2.75, 3.05) is 6.54 Å². The lowest BCUT2D eigenvalue weighted by molar-refractivity contribution is 0.0696. The highest BCUT2D eigenvalue weighted by Crippen LogP contribution is 2.16. The second-order valence-electron chi connectivity index (χ2n) is 4.02. The molecular weight excluding hydrogens is 258 g/mol. The number of hydrogen-bond acceptors (Lipinski definition) is 4. The number of carbonyl (C=O) groups excluding carboxylic acids is 1. The predicted molar refractivity (Wildman–Crippen MR) is 72.4 cm³/mol. The standard InChI is InChI=1S/C14H13N3O3/c1-2-15-13(18)9-3-5-16-11(7-9)12-8-10(14(19)20)4-6-17-12/h3-8H,2H2,1H3,(H,15,18)(H,19,20). The van der Waals surface area contributed by atoms with E-state index in [9.17, 15) is 9.59 Å². The van der Waals surface area contributed by atoms with Crippen LogP contribution in [0.1, 0.15) is 27.6 Å². The Bertz CT molecular complexity index is 656. The summed E-state index contributed by atoms with van der Waals surface area (Å²) in [6, 6.07) is 6.00. The predicted octanol–water partition coefficient (Wildman–Crippen LogP) is 1.59. The van der Waals surface area contributed by atoms with Crippen molar-refractivity contribution < 1.29 is 14.7 Å². The maximum absolute atomic E-state index is 11.7. The molecule has 0 spiro atoms. The molecule has 2 heterocycles. The van der Waals surface area contributed by atoms with E-state index < -0.39 is 5.97 Å². The normalized spacial score (nSPS) is 10.1. The van der Waals surface area contributed by atoms with E-state index in [-0.39, 0.29) is 11.5 Å². The summed E-state index contributed by atoms with van der Waals surface area (Å²) in [6.45, 7) is 2.36. The molecule has 1 amide bonds. The largest absolute Gasteiger partial charge is 0.478 e. The Morgan fingerprint density at radius 3 is 2.20 bits per heavy atom. The summed E-state index contributed by atoms with van der Waals surface area (Å²) in [4.78, 5) is 30.9. The monoisotopic (exact) mass is 271 g/mol. The highest BCUT2D eigenvalue weighted by Gasteiger charge is 2.10. The number of carbonyl (C=O) groups is 2. The fraction of sp³-hybridized carbons (Fsp3) is 0.143. The first-order valence-electron chi connectivity index (χ1n) is 6.05. The maximum Gasteiger partial charge on any atom is 0.335 e. The summed E-state index contributed by atoms with van der Waals surface area (Å²) in [5, 5.41) is 11.6. The van der Waals surface area contributed by atoms with E-state index in [0.717, 1.165) is 0 Å². The highest BCUT2D eigenvalue weighted by molar-refractivity contribution is 5.95. The Morgan fingerprint density at radius 1 is 1.10 bits per heavy atom. The van der Waals surface area contributed by atoms with Crippen molar-refractivity contribution in [1.29, 1.82) is 0 Å². The Kier molecular flexibility index (Phi) is 4.05. The van der Waals surface area contributed by atoms with Crippen LogP contribution in [0.2, 0.25) is 0 Å². The zero-order valence-electron chi connectivity index (χ0n) is 10.8. The molecule has 0 radical (unpaired) electrons. The molecule has 0 aliphatic carbocycles. The number of pyridine rings is 2. The van der Waals surface area contributed by atoms with E-state index in [1.807, 2.05) is 6.92 Å². The lowest BCUT2D eigenvalue weighted by atomic mass is 10.1. The Labute approximate surface area is 115 Å². The molecule has 20 heavy (non-hydrogen) atoms. The minimum atomic E-state index is -1.03. The third-order valence-corrected chi connectivity index (χ3v) is 2.63. The number of carboxylic acid groups (broad SMARTS) is 1. The third-order valence-electron chi connectivity index (χ3n) is 2.63. The summed E-state index contributed by atoms with van der Waals surface area (Å²) in [5.74, 6) is -1.24. The van der Waals surface area contributed by atoms with Gasteiger partial charge in [0.15, 0.2) is 0 Å². The van der Waals surface area contributed by atoms with Gasteiger partial charge in [-0.05, 0) is 31.2 Å². The highest BCUT2D eigenvalue weighted by atomic mass is 16.4. The first kappa shape index (κ1) is 13.7. The van der Waals surface area contributed by atoms with Crippen LogP contribution in [0.3, 0.4) is 0 Å². The fourth-order valence-corrected chi connectivity index (χ4v) is 1.68. The van der Waals surface area contributed by atoms with Crippen molar-refractivity contribution in [1.82, 2.24) is 15.3 Å². The van der Waals surface area contributed by atoms with E-state index in [0.29, 0.717) is 23.5 Å². The van der Waals surface area contributed by atoms with E-state index in [1.165, 1.54) is 24.5 Å².